The average Bonchev–Trinajstić information content (AvgIpc) is 2.20. The number of pyridine rings is 1. The molecule has 1 aromatic heterocycles. The fourth-order valence-electron chi connectivity index (χ4n) is 1.12. The Hall–Kier alpha value is -1.95. The van der Waals surface area contributed by atoms with Crippen molar-refractivity contribution >= 4 is 17.6 Å². The number of aromatic nitrogens is 1. The largest absolute Gasteiger partial charge is 0.481 e. The van der Waals surface area contributed by atoms with Crippen LogP contribution in [-0.4, -0.2) is 35.6 Å². The second-order valence-corrected chi connectivity index (χ2v) is 3.19. The van der Waals surface area contributed by atoms with Crippen molar-refractivity contribution in [2.75, 3.05) is 18.9 Å². The van der Waals surface area contributed by atoms with Crippen LogP contribution >= 0.6 is 0 Å². The number of hydrogen-bond donors (Lipinski definition) is 3. The van der Waals surface area contributed by atoms with Crippen molar-refractivity contribution < 1.29 is 14.7 Å². The monoisotopic (exact) mass is 223 g/mol. The Morgan fingerprint density at radius 3 is 2.69 bits per heavy atom. The van der Waals surface area contributed by atoms with Gasteiger partial charge in [0.05, 0.1) is 30.5 Å². The van der Waals surface area contributed by atoms with Gasteiger partial charge in [-0.1, -0.05) is 0 Å². The molecule has 0 spiro atoms. The van der Waals surface area contributed by atoms with E-state index in [1.54, 1.807) is 19.2 Å². The van der Waals surface area contributed by atoms with Gasteiger partial charge in [0.25, 0.3) is 0 Å². The van der Waals surface area contributed by atoms with Crippen LogP contribution in [0.15, 0.2) is 18.3 Å². The Morgan fingerprint density at radius 1 is 1.44 bits per heavy atom. The molecule has 0 aliphatic rings. The molecule has 1 amide bonds. The molecule has 6 nitrogen and oxygen atoms in total. The summed E-state index contributed by atoms with van der Waals surface area (Å²) < 4.78 is 0. The number of nitrogens with zero attached hydrogens (tertiary/aromatic N) is 1. The van der Waals surface area contributed by atoms with Gasteiger partial charge in [0.1, 0.15) is 0 Å². The Kier molecular flexibility index (Phi) is 4.41. The predicted octanol–water partition coefficient (Wildman–Crippen LogP) is -0.133. The van der Waals surface area contributed by atoms with Gasteiger partial charge in [-0.2, -0.15) is 0 Å². The molecule has 3 N–H and O–H groups in total. The van der Waals surface area contributed by atoms with Gasteiger partial charge in [0.2, 0.25) is 5.91 Å². The number of rotatable bonds is 5. The van der Waals surface area contributed by atoms with Crippen molar-refractivity contribution in [1.29, 1.82) is 0 Å². The van der Waals surface area contributed by atoms with Crippen LogP contribution in [0.3, 0.4) is 0 Å². The molecule has 0 fully saturated rings. The van der Waals surface area contributed by atoms with E-state index in [1.165, 1.54) is 6.20 Å². The van der Waals surface area contributed by atoms with E-state index < -0.39 is 5.97 Å². The van der Waals surface area contributed by atoms with E-state index in [2.05, 4.69) is 15.6 Å². The lowest BCUT2D eigenvalue weighted by Gasteiger charge is -2.04. The number of amides is 1. The number of carboxylic acid groups (broad SMARTS) is 1. The van der Waals surface area contributed by atoms with Crippen molar-refractivity contribution in [3.8, 4) is 0 Å². The summed E-state index contributed by atoms with van der Waals surface area (Å²) in [5, 5.41) is 13.9. The molecule has 0 radical (unpaired) electrons. The second kappa shape index (κ2) is 5.82. The highest BCUT2D eigenvalue weighted by Crippen LogP contribution is 2.06. The lowest BCUT2D eigenvalue weighted by Crippen LogP contribution is -2.25. The Labute approximate surface area is 92.7 Å². The number of nitrogens with one attached hydrogen (secondary N) is 2. The predicted molar refractivity (Wildman–Crippen MR) is 58.1 cm³/mol. The first kappa shape index (κ1) is 12.1. The highest BCUT2D eigenvalue weighted by Gasteiger charge is 2.03. The van der Waals surface area contributed by atoms with Gasteiger partial charge in [0, 0.05) is 0 Å². The van der Waals surface area contributed by atoms with E-state index in [0.29, 0.717) is 11.4 Å². The lowest BCUT2D eigenvalue weighted by molar-refractivity contribution is -0.136. The third-order valence-corrected chi connectivity index (χ3v) is 1.78. The fourth-order valence-corrected chi connectivity index (χ4v) is 1.12. The minimum atomic E-state index is -0.931. The molecule has 0 saturated carbocycles. The minimum absolute atomic E-state index is 0.120. The van der Waals surface area contributed by atoms with E-state index in [1.807, 2.05) is 0 Å². The number of carbonyl (C=O) groups is 2. The molecule has 0 saturated heterocycles. The van der Waals surface area contributed by atoms with Crippen molar-refractivity contribution in [3.05, 3.63) is 24.0 Å². The summed E-state index contributed by atoms with van der Waals surface area (Å²) in [6, 6.07) is 3.20. The summed E-state index contributed by atoms with van der Waals surface area (Å²) in [6.07, 6.45) is 1.32. The van der Waals surface area contributed by atoms with Crippen molar-refractivity contribution in [2.24, 2.45) is 0 Å². The molecule has 0 aliphatic heterocycles. The number of anilines is 1. The van der Waals surface area contributed by atoms with E-state index in [9.17, 15) is 9.59 Å². The quantitative estimate of drug-likeness (QED) is 0.646. The maximum atomic E-state index is 11.2. The molecular weight excluding hydrogens is 210 g/mol. The van der Waals surface area contributed by atoms with Crippen LogP contribution < -0.4 is 10.6 Å². The Bertz CT molecular complexity index is 375. The van der Waals surface area contributed by atoms with Crippen molar-refractivity contribution in [1.82, 2.24) is 10.3 Å². The van der Waals surface area contributed by atoms with Crippen molar-refractivity contribution in [2.45, 2.75) is 6.42 Å². The molecule has 6 heteroatoms. The van der Waals surface area contributed by atoms with Gasteiger partial charge in [0.15, 0.2) is 0 Å². The first-order chi connectivity index (χ1) is 7.61. The van der Waals surface area contributed by atoms with Crippen LogP contribution in [0, 0.1) is 0 Å². The molecular formula is C10H13N3O3. The summed E-state index contributed by atoms with van der Waals surface area (Å²) in [5.74, 6) is -1.10. The first-order valence-electron chi connectivity index (χ1n) is 4.73. The number of hydrogen-bond acceptors (Lipinski definition) is 4. The van der Waals surface area contributed by atoms with Gasteiger partial charge in [-0.15, -0.1) is 0 Å². The summed E-state index contributed by atoms with van der Waals surface area (Å²) >= 11 is 0. The fraction of sp³-hybridized carbons (Fsp3) is 0.300. The number of likely N-dealkylation sites (N-methyl/N-ethyl adjacent to an activating group) is 1. The summed E-state index contributed by atoms with van der Waals surface area (Å²) in [5.41, 5.74) is 1.01. The third-order valence-electron chi connectivity index (χ3n) is 1.78. The smallest absolute Gasteiger partial charge is 0.309 e. The van der Waals surface area contributed by atoms with Gasteiger partial charge in [-0.3, -0.25) is 14.6 Å². The molecule has 86 valence electrons. The van der Waals surface area contributed by atoms with E-state index in [4.69, 9.17) is 5.11 Å². The average molecular weight is 223 g/mol. The van der Waals surface area contributed by atoms with Crippen LogP contribution in [0.25, 0.3) is 0 Å². The SMILES string of the molecule is CNCC(=O)Nc1ccc(CC(=O)O)nc1. The zero-order chi connectivity index (χ0) is 12.0. The zero-order valence-electron chi connectivity index (χ0n) is 8.86. The molecule has 0 aromatic carbocycles. The Balaban J connectivity index is 2.57. The lowest BCUT2D eigenvalue weighted by atomic mass is 10.2. The van der Waals surface area contributed by atoms with Crippen LogP contribution in [0.4, 0.5) is 5.69 Å². The highest BCUT2D eigenvalue weighted by molar-refractivity contribution is 5.92. The molecule has 1 rings (SSSR count). The normalized spacial score (nSPS) is 9.81. The first-order valence-corrected chi connectivity index (χ1v) is 4.73. The summed E-state index contributed by atoms with van der Waals surface area (Å²) in [6.45, 7) is 0.219. The standard InChI is InChI=1S/C10H13N3O3/c1-11-6-9(14)13-8-3-2-7(12-5-8)4-10(15)16/h2-3,5,11H,4,6H2,1H3,(H,13,14)(H,15,16). The van der Waals surface area contributed by atoms with Crippen LogP contribution in [0.2, 0.25) is 0 Å². The van der Waals surface area contributed by atoms with E-state index in [0.717, 1.165) is 0 Å². The second-order valence-electron chi connectivity index (χ2n) is 3.19. The third kappa shape index (κ3) is 4.05. The molecule has 0 atom stereocenters. The topological polar surface area (TPSA) is 91.3 Å². The molecule has 0 bridgehead atoms. The molecule has 1 aromatic rings. The Morgan fingerprint density at radius 2 is 2.19 bits per heavy atom. The van der Waals surface area contributed by atoms with E-state index >= 15 is 0 Å². The molecule has 0 aliphatic carbocycles. The van der Waals surface area contributed by atoms with Crippen LogP contribution in [0.1, 0.15) is 5.69 Å². The number of aliphatic carboxylic acids is 1. The van der Waals surface area contributed by atoms with E-state index in [-0.39, 0.29) is 18.9 Å². The number of carbonyl (C=O) groups excluding carboxylic acids is 1. The molecule has 0 unspecified atom stereocenters. The summed E-state index contributed by atoms with van der Waals surface area (Å²) in [7, 11) is 1.67. The van der Waals surface area contributed by atoms with Gasteiger partial charge < -0.3 is 15.7 Å². The van der Waals surface area contributed by atoms with Crippen LogP contribution in [-0.2, 0) is 16.0 Å². The van der Waals surface area contributed by atoms with Gasteiger partial charge in [-0.25, -0.2) is 0 Å². The molecule has 1 heterocycles. The maximum absolute atomic E-state index is 11.2. The zero-order valence-corrected chi connectivity index (χ0v) is 8.86. The molecule has 16 heavy (non-hydrogen) atoms. The van der Waals surface area contributed by atoms with Crippen LogP contribution in [0.5, 0.6) is 0 Å². The number of carboxylic acids is 1. The highest BCUT2D eigenvalue weighted by atomic mass is 16.4. The summed E-state index contributed by atoms with van der Waals surface area (Å²) in [4.78, 5) is 25.5. The minimum Gasteiger partial charge on any atom is -0.481 e. The maximum Gasteiger partial charge on any atom is 0.309 e. The van der Waals surface area contributed by atoms with Crippen molar-refractivity contribution in [3.63, 3.8) is 0 Å². The van der Waals surface area contributed by atoms with Gasteiger partial charge >= 0.3 is 5.97 Å². The van der Waals surface area contributed by atoms with Gasteiger partial charge in [-0.05, 0) is 19.2 Å².